The van der Waals surface area contributed by atoms with Crippen LogP contribution >= 0.6 is 0 Å². The van der Waals surface area contributed by atoms with Crippen molar-refractivity contribution < 1.29 is 4.79 Å². The number of nitrogens with one attached hydrogen (secondary N) is 1. The molecule has 0 atom stereocenters. The molecular formula is C16H23NO. The lowest BCUT2D eigenvalue weighted by molar-refractivity contribution is -0.126. The van der Waals surface area contributed by atoms with Gasteiger partial charge in [0.25, 0.3) is 0 Å². The van der Waals surface area contributed by atoms with Crippen LogP contribution in [0.2, 0.25) is 0 Å². The highest BCUT2D eigenvalue weighted by Gasteiger charge is 2.23. The second-order valence-electron chi connectivity index (χ2n) is 5.48. The Bertz CT molecular complexity index is 366. The van der Waals surface area contributed by atoms with Gasteiger partial charge in [-0.25, -0.2) is 0 Å². The van der Waals surface area contributed by atoms with Crippen LogP contribution in [0.1, 0.15) is 38.2 Å². The first-order chi connectivity index (χ1) is 8.75. The van der Waals surface area contributed by atoms with E-state index in [2.05, 4.69) is 24.4 Å². The van der Waals surface area contributed by atoms with Gasteiger partial charge in [0.2, 0.25) is 5.91 Å². The number of rotatable bonds is 4. The maximum absolute atomic E-state index is 12.0. The summed E-state index contributed by atoms with van der Waals surface area (Å²) in [6.07, 6.45) is 5.47. The molecule has 1 aromatic carbocycles. The summed E-state index contributed by atoms with van der Waals surface area (Å²) < 4.78 is 0. The molecule has 2 heteroatoms. The van der Waals surface area contributed by atoms with E-state index in [9.17, 15) is 4.79 Å². The molecule has 1 aromatic rings. The van der Waals surface area contributed by atoms with Gasteiger partial charge in [-0.05, 0) is 43.6 Å². The fourth-order valence-corrected chi connectivity index (χ4v) is 2.64. The molecule has 1 aliphatic rings. The van der Waals surface area contributed by atoms with Gasteiger partial charge in [-0.1, -0.05) is 37.3 Å². The van der Waals surface area contributed by atoms with E-state index in [1.54, 1.807) is 0 Å². The molecule has 1 amide bonds. The quantitative estimate of drug-likeness (QED) is 0.867. The third kappa shape index (κ3) is 3.86. The zero-order chi connectivity index (χ0) is 12.8. The van der Waals surface area contributed by atoms with E-state index in [0.717, 1.165) is 31.7 Å². The van der Waals surface area contributed by atoms with Crippen LogP contribution in [0.5, 0.6) is 0 Å². The molecule has 2 nitrogen and oxygen atoms in total. The first-order valence-electron chi connectivity index (χ1n) is 7.07. The SMILES string of the molecule is C[C@H]1CC[C@H](C(=O)NCCc2ccccc2)CC1. The minimum atomic E-state index is 0.261. The van der Waals surface area contributed by atoms with Crippen molar-refractivity contribution in [1.82, 2.24) is 5.32 Å². The Labute approximate surface area is 110 Å². The molecule has 0 saturated heterocycles. The summed E-state index contributed by atoms with van der Waals surface area (Å²) in [5, 5.41) is 3.08. The van der Waals surface area contributed by atoms with Gasteiger partial charge in [0, 0.05) is 12.5 Å². The van der Waals surface area contributed by atoms with Crippen molar-refractivity contribution in [2.75, 3.05) is 6.54 Å². The van der Waals surface area contributed by atoms with Crippen LogP contribution in [0, 0.1) is 11.8 Å². The van der Waals surface area contributed by atoms with Crippen molar-refractivity contribution in [3.05, 3.63) is 35.9 Å². The Hall–Kier alpha value is -1.31. The first kappa shape index (κ1) is 13.1. The molecule has 0 unspecified atom stereocenters. The minimum Gasteiger partial charge on any atom is -0.356 e. The summed E-state index contributed by atoms with van der Waals surface area (Å²) in [5.74, 6) is 1.33. The second-order valence-corrected chi connectivity index (χ2v) is 5.48. The van der Waals surface area contributed by atoms with E-state index >= 15 is 0 Å². The summed E-state index contributed by atoms with van der Waals surface area (Å²) >= 11 is 0. The fourth-order valence-electron chi connectivity index (χ4n) is 2.64. The normalized spacial score (nSPS) is 23.6. The standard InChI is InChI=1S/C16H23NO/c1-13-7-9-15(10-8-13)16(18)17-12-11-14-5-3-2-4-6-14/h2-6,13,15H,7-12H2,1H3,(H,17,18)/t13-,15-. The van der Waals surface area contributed by atoms with Crippen LogP contribution in [-0.4, -0.2) is 12.5 Å². The molecule has 1 saturated carbocycles. The van der Waals surface area contributed by atoms with Crippen LogP contribution in [0.4, 0.5) is 0 Å². The number of hydrogen-bond acceptors (Lipinski definition) is 1. The van der Waals surface area contributed by atoms with Crippen LogP contribution in [0.25, 0.3) is 0 Å². The van der Waals surface area contributed by atoms with Gasteiger partial charge >= 0.3 is 0 Å². The molecule has 0 aliphatic heterocycles. The molecule has 1 fully saturated rings. The van der Waals surface area contributed by atoms with Crippen LogP contribution < -0.4 is 5.32 Å². The number of benzene rings is 1. The molecule has 1 N–H and O–H groups in total. The molecule has 1 aliphatic carbocycles. The summed E-state index contributed by atoms with van der Waals surface area (Å²) in [7, 11) is 0. The van der Waals surface area contributed by atoms with Crippen molar-refractivity contribution >= 4 is 5.91 Å². The van der Waals surface area contributed by atoms with Gasteiger partial charge in [-0.3, -0.25) is 4.79 Å². The first-order valence-corrected chi connectivity index (χ1v) is 7.07. The zero-order valence-electron chi connectivity index (χ0n) is 11.2. The van der Waals surface area contributed by atoms with Crippen molar-refractivity contribution in [2.24, 2.45) is 11.8 Å². The monoisotopic (exact) mass is 245 g/mol. The van der Waals surface area contributed by atoms with E-state index in [-0.39, 0.29) is 11.8 Å². The molecule has 2 rings (SSSR count). The summed E-state index contributed by atoms with van der Waals surface area (Å²) in [4.78, 5) is 12.0. The molecule has 0 aromatic heterocycles. The summed E-state index contributed by atoms with van der Waals surface area (Å²) in [6.45, 7) is 3.04. The van der Waals surface area contributed by atoms with Gasteiger partial charge in [-0.15, -0.1) is 0 Å². The number of carbonyl (C=O) groups is 1. The van der Waals surface area contributed by atoms with E-state index in [1.165, 1.54) is 18.4 Å². The molecule has 0 radical (unpaired) electrons. The van der Waals surface area contributed by atoms with E-state index in [1.807, 2.05) is 18.2 Å². The lowest BCUT2D eigenvalue weighted by Crippen LogP contribution is -2.34. The van der Waals surface area contributed by atoms with E-state index < -0.39 is 0 Å². The smallest absolute Gasteiger partial charge is 0.223 e. The highest BCUT2D eigenvalue weighted by Crippen LogP contribution is 2.28. The Morgan fingerprint density at radius 3 is 2.50 bits per heavy atom. The third-order valence-electron chi connectivity index (χ3n) is 3.94. The Morgan fingerprint density at radius 1 is 1.17 bits per heavy atom. The maximum atomic E-state index is 12.0. The van der Waals surface area contributed by atoms with Crippen molar-refractivity contribution in [3.63, 3.8) is 0 Å². The highest BCUT2D eigenvalue weighted by molar-refractivity contribution is 5.78. The predicted molar refractivity (Wildman–Crippen MR) is 74.3 cm³/mol. The highest BCUT2D eigenvalue weighted by atomic mass is 16.1. The molecule has 98 valence electrons. The minimum absolute atomic E-state index is 0.261. The van der Waals surface area contributed by atoms with Gasteiger partial charge < -0.3 is 5.32 Å². The summed E-state index contributed by atoms with van der Waals surface area (Å²) in [6, 6.07) is 10.3. The van der Waals surface area contributed by atoms with E-state index in [0.29, 0.717) is 0 Å². The maximum Gasteiger partial charge on any atom is 0.223 e. The number of amides is 1. The average molecular weight is 245 g/mol. The fraction of sp³-hybridized carbons (Fsp3) is 0.562. The summed E-state index contributed by atoms with van der Waals surface area (Å²) in [5.41, 5.74) is 1.29. The topological polar surface area (TPSA) is 29.1 Å². The van der Waals surface area contributed by atoms with E-state index in [4.69, 9.17) is 0 Å². The average Bonchev–Trinajstić information content (AvgIpc) is 2.40. The van der Waals surface area contributed by atoms with Crippen molar-refractivity contribution in [3.8, 4) is 0 Å². The molecule has 18 heavy (non-hydrogen) atoms. The molecular weight excluding hydrogens is 222 g/mol. The molecule has 0 spiro atoms. The van der Waals surface area contributed by atoms with Crippen LogP contribution in [0.3, 0.4) is 0 Å². The van der Waals surface area contributed by atoms with Crippen molar-refractivity contribution in [1.29, 1.82) is 0 Å². The van der Waals surface area contributed by atoms with Crippen LogP contribution in [0.15, 0.2) is 30.3 Å². The Morgan fingerprint density at radius 2 is 1.83 bits per heavy atom. The number of hydrogen-bond donors (Lipinski definition) is 1. The Kier molecular flexibility index (Phi) is 4.80. The van der Waals surface area contributed by atoms with Gasteiger partial charge in [0.1, 0.15) is 0 Å². The third-order valence-corrected chi connectivity index (χ3v) is 3.94. The van der Waals surface area contributed by atoms with Crippen molar-refractivity contribution in [2.45, 2.75) is 39.0 Å². The largest absolute Gasteiger partial charge is 0.356 e. The molecule has 0 heterocycles. The lowest BCUT2D eigenvalue weighted by Gasteiger charge is -2.25. The predicted octanol–water partition coefficient (Wildman–Crippen LogP) is 3.17. The van der Waals surface area contributed by atoms with Crippen LogP contribution in [-0.2, 0) is 11.2 Å². The lowest BCUT2D eigenvalue weighted by atomic mass is 9.82. The van der Waals surface area contributed by atoms with Gasteiger partial charge in [0.05, 0.1) is 0 Å². The Balaban J connectivity index is 1.69. The zero-order valence-corrected chi connectivity index (χ0v) is 11.2. The second kappa shape index (κ2) is 6.58. The number of carbonyl (C=O) groups excluding carboxylic acids is 1. The van der Waals surface area contributed by atoms with Gasteiger partial charge in [-0.2, -0.15) is 0 Å². The molecule has 0 bridgehead atoms. The van der Waals surface area contributed by atoms with Gasteiger partial charge in [0.15, 0.2) is 0 Å².